The average Bonchev–Trinajstić information content (AvgIpc) is 3.33. The number of carbonyl (C=O) groups is 3. The number of hydrazine groups is 1. The van der Waals surface area contributed by atoms with Gasteiger partial charge in [0.1, 0.15) is 23.9 Å². The number of esters is 2. The Hall–Kier alpha value is -2.72. The number of likely N-dealkylation sites (N-methyl/N-ethyl adjacent to an activating group) is 1. The highest BCUT2D eigenvalue weighted by atomic mass is 16.7. The van der Waals surface area contributed by atoms with Crippen molar-refractivity contribution in [3.63, 3.8) is 0 Å². The minimum absolute atomic E-state index is 0.0165. The minimum Gasteiger partial charge on any atom is -0.459 e. The van der Waals surface area contributed by atoms with Crippen molar-refractivity contribution in [2.24, 2.45) is 34.7 Å². The molecule has 1 saturated carbocycles. The van der Waals surface area contributed by atoms with Gasteiger partial charge in [-0.1, -0.05) is 71.4 Å². The van der Waals surface area contributed by atoms with E-state index >= 15 is 0 Å². The highest BCUT2D eigenvalue weighted by Crippen LogP contribution is 2.42. The van der Waals surface area contributed by atoms with Crippen LogP contribution in [0.3, 0.4) is 0 Å². The maximum atomic E-state index is 14.8. The van der Waals surface area contributed by atoms with Gasteiger partial charge in [-0.15, -0.1) is 0 Å². The molecule has 0 aromatic heterocycles. The molecule has 4 saturated heterocycles. The molecule has 4 aliphatic heterocycles. The summed E-state index contributed by atoms with van der Waals surface area (Å²) >= 11 is 0. The van der Waals surface area contributed by atoms with Crippen molar-refractivity contribution >= 4 is 23.7 Å². The molecule has 5 fully saturated rings. The smallest absolute Gasteiger partial charge is 0.422 e. The zero-order valence-corrected chi connectivity index (χ0v) is 46.8. The van der Waals surface area contributed by atoms with Crippen molar-refractivity contribution < 1.29 is 72.4 Å². The van der Waals surface area contributed by atoms with Gasteiger partial charge in [-0.05, 0) is 107 Å². The molecule has 1 aliphatic carbocycles. The van der Waals surface area contributed by atoms with E-state index in [4.69, 9.17) is 47.9 Å². The number of hydrogen-bond acceptors (Lipinski definition) is 18. The molecule has 4 heterocycles. The predicted molar refractivity (Wildman–Crippen MR) is 273 cm³/mol. The van der Waals surface area contributed by atoms with E-state index in [1.807, 2.05) is 44.8 Å². The van der Waals surface area contributed by atoms with Crippen LogP contribution < -0.4 is 5.43 Å². The number of ether oxygens (including phenoxy) is 8. The van der Waals surface area contributed by atoms with Crippen molar-refractivity contribution in [1.29, 1.82) is 0 Å². The number of piperidine rings is 1. The first-order valence-electron chi connectivity index (χ1n) is 27.6. The van der Waals surface area contributed by atoms with Crippen LogP contribution in [0.5, 0.6) is 0 Å². The molecular weight excluding hydrogens is 945 g/mol. The number of carbonyl (C=O) groups excluding carboxylic acids is 3. The SMILES string of the molecule is CC[C@H]1OC(=O)[C@H](C)[C@@H](O[C@H]2C[C@@](C)(OC)[C@@H](OC(C)=O)[C@H](C)O2)[C@H](C)[C@@H](O[C@@H]2O[C@H](C)C[C@H](N(C)C)[C@H]2OC(=O)NN2CCCCC2)C(C)(O)C[C@@H](C)/C(=N\OCCCC2CCCCC2)[C@H](C)[C@@H](O)[C@]1(C)O. The number of methoxy groups -OCH3 is 1. The fraction of sp³-hybridized carbons (Fsp3) is 0.926. The number of nitrogens with one attached hydrogen (secondary N) is 1. The first-order valence-corrected chi connectivity index (χ1v) is 27.6. The van der Waals surface area contributed by atoms with Gasteiger partial charge in [0.25, 0.3) is 0 Å². The first kappa shape index (κ1) is 61.1. The van der Waals surface area contributed by atoms with Crippen molar-refractivity contribution in [2.45, 2.75) is 250 Å². The summed E-state index contributed by atoms with van der Waals surface area (Å²) in [6.45, 7) is 20.5. The van der Waals surface area contributed by atoms with E-state index in [1.165, 1.54) is 53.1 Å². The molecule has 19 nitrogen and oxygen atoms in total. The first-order chi connectivity index (χ1) is 34.3. The van der Waals surface area contributed by atoms with E-state index in [0.29, 0.717) is 37.7 Å². The number of amides is 1. The van der Waals surface area contributed by atoms with Gasteiger partial charge in [0.2, 0.25) is 0 Å². The zero-order chi connectivity index (χ0) is 54.0. The second-order valence-corrected chi connectivity index (χ2v) is 23.2. The third kappa shape index (κ3) is 15.9. The van der Waals surface area contributed by atoms with Crippen LogP contribution in [0.4, 0.5) is 4.79 Å². The molecule has 0 aromatic rings. The van der Waals surface area contributed by atoms with Crippen molar-refractivity contribution in [3.8, 4) is 0 Å². The molecule has 0 bridgehead atoms. The Labute approximate surface area is 436 Å². The Morgan fingerprint density at radius 3 is 2.15 bits per heavy atom. The van der Waals surface area contributed by atoms with Gasteiger partial charge >= 0.3 is 18.0 Å². The quantitative estimate of drug-likeness (QED) is 0.0583. The van der Waals surface area contributed by atoms with Gasteiger partial charge in [-0.3, -0.25) is 15.0 Å². The van der Waals surface area contributed by atoms with Gasteiger partial charge in [-0.2, -0.15) is 0 Å². The van der Waals surface area contributed by atoms with Crippen LogP contribution in [0.2, 0.25) is 0 Å². The van der Waals surface area contributed by atoms with Crippen LogP contribution >= 0.6 is 0 Å². The minimum atomic E-state index is -1.97. The molecule has 422 valence electrons. The molecule has 0 aromatic carbocycles. The lowest BCUT2D eigenvalue weighted by molar-refractivity contribution is -0.318. The van der Waals surface area contributed by atoms with Crippen LogP contribution in [0.25, 0.3) is 0 Å². The molecule has 5 rings (SSSR count). The Bertz CT molecular complexity index is 1780. The summed E-state index contributed by atoms with van der Waals surface area (Å²) in [6, 6.07) is -0.372. The standard InChI is InChI=1S/C54H96N4O15/c1-15-41-54(11,64)46(60)34(4)43(56-66-28-22-25-39-23-18-16-19-24-39)32(2)30-52(9,63)47(73-50-45(40(57(12)13)29-33(3)67-50)72-51(62)55-58-26-20-17-21-27-58)35(5)44(36(6)49(61)70-41)71-42-31-53(10,65-14)48(37(7)68-42)69-38(8)59/h32-37,39-42,44-48,50,60,63-64H,15-31H2,1-14H3,(H,55,62)/b56-43+/t32-,33-,34+,35+,36-,37+,40+,41-,42+,44+,45-,46-,47-,48+,50+,52?,53-,54-/m1/s1. The zero-order valence-electron chi connectivity index (χ0n) is 46.8. The van der Waals surface area contributed by atoms with Crippen LogP contribution in [0.15, 0.2) is 5.16 Å². The number of aliphatic hydroxyl groups is 3. The Kier molecular flexibility index (Phi) is 22.7. The summed E-state index contributed by atoms with van der Waals surface area (Å²) in [5.41, 5.74) is -1.55. The van der Waals surface area contributed by atoms with E-state index < -0.39 is 114 Å². The fourth-order valence-electron chi connectivity index (χ4n) is 12.4. The summed E-state index contributed by atoms with van der Waals surface area (Å²) in [5, 5.41) is 44.3. The summed E-state index contributed by atoms with van der Waals surface area (Å²) in [4.78, 5) is 48.9. The third-order valence-corrected chi connectivity index (χ3v) is 16.7. The van der Waals surface area contributed by atoms with Gasteiger partial charge in [0.15, 0.2) is 24.8 Å². The largest absolute Gasteiger partial charge is 0.459 e. The molecule has 73 heavy (non-hydrogen) atoms. The van der Waals surface area contributed by atoms with Crippen LogP contribution in [0, 0.1) is 29.6 Å². The molecule has 5 aliphatic rings. The Balaban J connectivity index is 1.61. The fourth-order valence-corrected chi connectivity index (χ4v) is 12.4. The molecule has 4 N–H and O–H groups in total. The van der Waals surface area contributed by atoms with Crippen molar-refractivity contribution in [2.75, 3.05) is 40.9 Å². The van der Waals surface area contributed by atoms with E-state index in [1.54, 1.807) is 41.5 Å². The van der Waals surface area contributed by atoms with Crippen LogP contribution in [-0.4, -0.2) is 174 Å². The molecule has 1 unspecified atom stereocenters. The van der Waals surface area contributed by atoms with Gasteiger partial charge in [0, 0.05) is 51.3 Å². The molecule has 1 amide bonds. The van der Waals surface area contributed by atoms with E-state index in [9.17, 15) is 29.7 Å². The highest BCUT2D eigenvalue weighted by Gasteiger charge is 2.55. The Morgan fingerprint density at radius 2 is 1.53 bits per heavy atom. The van der Waals surface area contributed by atoms with Gasteiger partial charge < -0.3 is 63.0 Å². The highest BCUT2D eigenvalue weighted by molar-refractivity contribution is 5.88. The van der Waals surface area contributed by atoms with Gasteiger partial charge in [0.05, 0.1) is 53.8 Å². The molecule has 19 heteroatoms. The van der Waals surface area contributed by atoms with Gasteiger partial charge in [-0.25, -0.2) is 9.80 Å². The number of nitrogens with zero attached hydrogens (tertiary/aromatic N) is 3. The number of oxime groups is 1. The topological polar surface area (TPSA) is 226 Å². The maximum absolute atomic E-state index is 14.8. The summed E-state index contributed by atoms with van der Waals surface area (Å²) in [6.07, 6.45) is 0.805. The molecular formula is C54H96N4O15. The number of rotatable bonds is 15. The summed E-state index contributed by atoms with van der Waals surface area (Å²) < 4.78 is 51.4. The summed E-state index contributed by atoms with van der Waals surface area (Å²) in [5.74, 6) is -4.04. The van der Waals surface area contributed by atoms with E-state index in [2.05, 4.69) is 5.43 Å². The van der Waals surface area contributed by atoms with Crippen molar-refractivity contribution in [1.82, 2.24) is 15.3 Å². The number of hydrogen-bond donors (Lipinski definition) is 4. The van der Waals surface area contributed by atoms with Crippen LogP contribution in [-0.2, 0) is 52.3 Å². The van der Waals surface area contributed by atoms with Crippen LogP contribution in [0.1, 0.15) is 166 Å². The van der Waals surface area contributed by atoms with Crippen molar-refractivity contribution in [3.05, 3.63) is 0 Å². The second kappa shape index (κ2) is 27.0. The monoisotopic (exact) mass is 1040 g/mol. The normalized spacial score (nSPS) is 41.6. The molecule has 0 spiro atoms. The number of cyclic esters (lactones) is 1. The average molecular weight is 1040 g/mol. The third-order valence-electron chi connectivity index (χ3n) is 16.7. The van der Waals surface area contributed by atoms with E-state index in [0.717, 1.165) is 32.1 Å². The predicted octanol–water partition coefficient (Wildman–Crippen LogP) is 6.66. The van der Waals surface area contributed by atoms with E-state index in [-0.39, 0.29) is 31.4 Å². The lowest BCUT2D eigenvalue weighted by atomic mass is 9.73. The Morgan fingerprint density at radius 1 is 0.877 bits per heavy atom. The lowest BCUT2D eigenvalue weighted by Gasteiger charge is -2.49. The number of aliphatic hydroxyl groups excluding tert-OH is 1. The lowest BCUT2D eigenvalue weighted by Crippen LogP contribution is -2.62. The molecule has 18 atom stereocenters. The second-order valence-electron chi connectivity index (χ2n) is 23.2. The molecule has 0 radical (unpaired) electrons. The summed E-state index contributed by atoms with van der Waals surface area (Å²) in [7, 11) is 5.32. The maximum Gasteiger partial charge on any atom is 0.422 e.